The Bertz CT molecular complexity index is 183. The third-order valence-electron chi connectivity index (χ3n) is 1.21. The van der Waals surface area contributed by atoms with Gasteiger partial charge in [-0.25, -0.2) is 0 Å². The molecule has 11 heavy (non-hydrogen) atoms. The number of amidine groups is 1. The summed E-state index contributed by atoms with van der Waals surface area (Å²) in [6.45, 7) is 5.72. The van der Waals surface area contributed by atoms with Gasteiger partial charge in [-0.1, -0.05) is 0 Å². The Labute approximate surface area is 79.4 Å². The molecular weight excluding hydrogens is 308 g/mol. The van der Waals surface area contributed by atoms with E-state index < -0.39 is 0 Å². The maximum absolute atomic E-state index is 4.18. The quantitative estimate of drug-likeness (QED) is 0.564. The molecule has 0 aromatic rings. The number of nitrogens with zero attached hydrogens (tertiary/aromatic N) is 2. The van der Waals surface area contributed by atoms with Gasteiger partial charge in [0.2, 0.25) is 0 Å². The first kappa shape index (κ1) is 10.8. The van der Waals surface area contributed by atoms with Crippen molar-refractivity contribution in [3.05, 3.63) is 12.8 Å². The van der Waals surface area contributed by atoms with Crippen molar-refractivity contribution >= 4 is 9.73 Å². The monoisotopic (exact) mass is 322 g/mol. The van der Waals surface area contributed by atoms with Crippen LogP contribution in [0.15, 0.2) is 17.8 Å². The third kappa shape index (κ3) is 3.62. The molecule has 3 heteroatoms. The van der Waals surface area contributed by atoms with E-state index in [1.807, 2.05) is 19.0 Å². The Morgan fingerprint density at radius 2 is 2.18 bits per heavy atom. The van der Waals surface area contributed by atoms with Gasteiger partial charge in [0, 0.05) is 0 Å². The Kier molecular flexibility index (Phi) is 5.31. The first-order valence-corrected chi connectivity index (χ1v) is 4.99. The zero-order chi connectivity index (χ0) is 8.85. The number of rotatable bonds is 3. The molecule has 0 bridgehead atoms. The molecule has 0 aromatic heterocycles. The molecule has 0 rings (SSSR count). The van der Waals surface area contributed by atoms with E-state index in [0.717, 1.165) is 12.3 Å². The fourth-order valence-corrected chi connectivity index (χ4v) is 1.53. The summed E-state index contributed by atoms with van der Waals surface area (Å²) in [6, 6.07) is 0. The minimum absolute atomic E-state index is 1.05. The van der Waals surface area contributed by atoms with Crippen LogP contribution >= 0.6 is 0 Å². The second-order valence-corrected chi connectivity index (χ2v) is 4.08. The van der Waals surface area contributed by atoms with E-state index in [0.29, 0.717) is 0 Å². The second-order valence-electron chi connectivity index (χ2n) is 2.31. The van der Waals surface area contributed by atoms with E-state index in [4.69, 9.17) is 0 Å². The van der Waals surface area contributed by atoms with Gasteiger partial charge in [-0.05, 0) is 0 Å². The number of hydrogen-bond acceptors (Lipinski definition) is 1. The molecule has 2 nitrogen and oxygen atoms in total. The van der Waals surface area contributed by atoms with E-state index in [-0.39, 0.29) is 0 Å². The van der Waals surface area contributed by atoms with Gasteiger partial charge < -0.3 is 0 Å². The van der Waals surface area contributed by atoms with E-state index in [1.165, 1.54) is 23.3 Å². The van der Waals surface area contributed by atoms with Crippen LogP contribution in [0.5, 0.6) is 0 Å². The average Bonchev–Trinajstić information content (AvgIpc) is 1.98. The van der Waals surface area contributed by atoms with Crippen molar-refractivity contribution in [1.82, 2.24) is 4.90 Å². The molecule has 0 aliphatic heterocycles. The van der Waals surface area contributed by atoms with Crippen LogP contribution in [0.4, 0.5) is 0 Å². The van der Waals surface area contributed by atoms with Gasteiger partial charge in [-0.2, -0.15) is 0 Å². The van der Waals surface area contributed by atoms with Crippen molar-refractivity contribution in [1.29, 1.82) is 0 Å². The first-order valence-electron chi connectivity index (χ1n) is 3.52. The van der Waals surface area contributed by atoms with Gasteiger partial charge in [-0.3, -0.25) is 0 Å². The molecule has 0 saturated carbocycles. The van der Waals surface area contributed by atoms with Crippen LogP contribution in [0.25, 0.3) is 0 Å². The topological polar surface area (TPSA) is 15.6 Å². The Morgan fingerprint density at radius 3 is 2.45 bits per heavy atom. The Balaban J connectivity index is 4.47. The van der Waals surface area contributed by atoms with Gasteiger partial charge in [0.1, 0.15) is 0 Å². The molecule has 0 spiro atoms. The molecule has 0 N–H and O–H groups in total. The molecule has 0 aliphatic carbocycles. The van der Waals surface area contributed by atoms with Crippen LogP contribution in [-0.4, -0.2) is 28.7 Å². The summed E-state index contributed by atoms with van der Waals surface area (Å²) in [5.74, 6) is 1.05. The van der Waals surface area contributed by atoms with Gasteiger partial charge in [0.05, 0.1) is 0 Å². The summed E-state index contributed by atoms with van der Waals surface area (Å²) in [6.07, 6.45) is 2.66. The van der Waals surface area contributed by atoms with E-state index >= 15 is 0 Å². The minimum atomic E-state index is 1.05. The molecule has 0 unspecified atom stereocenters. The molecule has 0 radical (unpaired) electrons. The fraction of sp³-hybridized carbons (Fsp3) is 0.500. The van der Waals surface area contributed by atoms with Crippen molar-refractivity contribution in [2.75, 3.05) is 14.1 Å². The van der Waals surface area contributed by atoms with Crippen molar-refractivity contribution < 1.29 is 19.4 Å². The molecular formula is C8H14N2W. The van der Waals surface area contributed by atoms with Crippen LogP contribution < -0.4 is 0 Å². The van der Waals surface area contributed by atoms with Crippen LogP contribution in [0.1, 0.15) is 13.3 Å². The van der Waals surface area contributed by atoms with Gasteiger partial charge in [0.15, 0.2) is 0 Å². The normalized spacial score (nSPS) is 11.0. The molecule has 0 saturated heterocycles. The van der Waals surface area contributed by atoms with Crippen molar-refractivity contribution in [3.63, 3.8) is 0 Å². The summed E-state index contributed by atoms with van der Waals surface area (Å²) in [5.41, 5.74) is 0. The average molecular weight is 322 g/mol. The van der Waals surface area contributed by atoms with Crippen molar-refractivity contribution in [2.24, 2.45) is 4.99 Å². The van der Waals surface area contributed by atoms with Crippen molar-refractivity contribution in [3.8, 4) is 0 Å². The molecule has 0 fully saturated rings. The zero-order valence-electron chi connectivity index (χ0n) is 7.29. The molecule has 0 aliphatic rings. The van der Waals surface area contributed by atoms with E-state index in [2.05, 4.69) is 18.5 Å². The third-order valence-corrected chi connectivity index (χ3v) is 2.90. The second kappa shape index (κ2) is 5.42. The van der Waals surface area contributed by atoms with Crippen LogP contribution in [0.2, 0.25) is 0 Å². The standard InChI is InChI=1S/C8H14N2.W/c1-5-7-8(9-6-2)10(3)4;/h6H,2,5H2,1,3-4H3;. The molecule has 0 heterocycles. The van der Waals surface area contributed by atoms with E-state index in [1.54, 1.807) is 6.20 Å². The summed E-state index contributed by atoms with van der Waals surface area (Å²) < 4.78 is 1.37. The summed E-state index contributed by atoms with van der Waals surface area (Å²) in [4.78, 5) is 6.21. The zero-order valence-corrected chi connectivity index (χ0v) is 10.2. The Morgan fingerprint density at radius 1 is 1.64 bits per heavy atom. The molecule has 62 valence electrons. The maximum atomic E-state index is 4.18. The molecule has 0 amide bonds. The van der Waals surface area contributed by atoms with Gasteiger partial charge in [0.25, 0.3) is 0 Å². The molecule has 0 aromatic carbocycles. The van der Waals surface area contributed by atoms with Crippen molar-refractivity contribution in [2.45, 2.75) is 13.3 Å². The fourth-order valence-electron chi connectivity index (χ4n) is 0.681. The van der Waals surface area contributed by atoms with Gasteiger partial charge >= 0.3 is 79.2 Å². The summed E-state index contributed by atoms with van der Waals surface area (Å²) in [7, 11) is 4.00. The summed E-state index contributed by atoms with van der Waals surface area (Å²) in [5, 5.41) is 0. The van der Waals surface area contributed by atoms with Gasteiger partial charge in [-0.15, -0.1) is 0 Å². The van der Waals surface area contributed by atoms with Crippen LogP contribution in [0.3, 0.4) is 0 Å². The first-order chi connectivity index (χ1) is 5.13. The predicted octanol–water partition coefficient (Wildman–Crippen LogP) is 1.22. The Hall–Kier alpha value is -0.232. The predicted molar refractivity (Wildman–Crippen MR) is 46.6 cm³/mol. The van der Waals surface area contributed by atoms with E-state index in [9.17, 15) is 0 Å². The summed E-state index contributed by atoms with van der Waals surface area (Å²) >= 11 is 1.48. The number of hydrogen-bond donors (Lipinski definition) is 0. The molecule has 0 atom stereocenters. The number of aliphatic imine (C=N–C) groups is 1. The van der Waals surface area contributed by atoms with Crippen LogP contribution in [-0.2, 0) is 19.4 Å². The SMILES string of the molecule is C=CN=C([C](=[W])CC)N(C)C. The van der Waals surface area contributed by atoms with Crippen LogP contribution in [0, 0.1) is 0 Å².